The van der Waals surface area contributed by atoms with Crippen LogP contribution in [-0.4, -0.2) is 17.0 Å². The molecule has 1 rings (SSSR count). The smallest absolute Gasteiger partial charge is 0.252 e. The monoisotopic (exact) mass is 132 g/mol. The Morgan fingerprint density at radius 3 is 1.89 bits per heavy atom. The first-order valence-electron chi connectivity index (χ1n) is 3.27. The standard InChI is InChI=1S/C6H12O3/c1-3-6(7,4-2)5-8-9-5/h5,7H,3-4H2,1-2H3. The zero-order valence-corrected chi connectivity index (χ0v) is 5.76. The van der Waals surface area contributed by atoms with E-state index in [1.165, 1.54) is 0 Å². The van der Waals surface area contributed by atoms with Crippen LogP contribution in [-0.2, 0) is 9.78 Å². The van der Waals surface area contributed by atoms with Gasteiger partial charge in [-0.15, -0.1) is 0 Å². The molecule has 0 atom stereocenters. The van der Waals surface area contributed by atoms with Crippen molar-refractivity contribution in [3.63, 3.8) is 0 Å². The molecule has 0 spiro atoms. The molecule has 3 heteroatoms. The van der Waals surface area contributed by atoms with Crippen molar-refractivity contribution in [3.8, 4) is 0 Å². The lowest BCUT2D eigenvalue weighted by molar-refractivity contribution is 0.00155. The van der Waals surface area contributed by atoms with Crippen molar-refractivity contribution in [2.45, 2.75) is 38.6 Å². The lowest BCUT2D eigenvalue weighted by atomic mass is 9.98. The molecule has 1 saturated heterocycles. The highest BCUT2D eigenvalue weighted by atomic mass is 17.4. The summed E-state index contributed by atoms with van der Waals surface area (Å²) in [5.41, 5.74) is -0.750. The maximum atomic E-state index is 9.52. The lowest BCUT2D eigenvalue weighted by Gasteiger charge is -2.18. The van der Waals surface area contributed by atoms with Gasteiger partial charge < -0.3 is 5.11 Å². The van der Waals surface area contributed by atoms with E-state index in [1.54, 1.807) is 0 Å². The zero-order chi connectivity index (χ0) is 6.91. The highest BCUT2D eigenvalue weighted by Gasteiger charge is 2.46. The number of aliphatic hydroxyl groups is 1. The number of hydrogen-bond donors (Lipinski definition) is 1. The SMILES string of the molecule is CCC(O)(CC)C1OO1. The van der Waals surface area contributed by atoms with Crippen LogP contribution in [0, 0.1) is 0 Å². The van der Waals surface area contributed by atoms with Crippen molar-refractivity contribution in [2.24, 2.45) is 0 Å². The highest BCUT2D eigenvalue weighted by Crippen LogP contribution is 2.31. The molecule has 3 nitrogen and oxygen atoms in total. The van der Waals surface area contributed by atoms with Gasteiger partial charge in [0, 0.05) is 0 Å². The van der Waals surface area contributed by atoms with Crippen LogP contribution >= 0.6 is 0 Å². The minimum atomic E-state index is -0.750. The quantitative estimate of drug-likeness (QED) is 0.457. The van der Waals surface area contributed by atoms with E-state index >= 15 is 0 Å². The largest absolute Gasteiger partial charge is 0.384 e. The summed E-state index contributed by atoms with van der Waals surface area (Å²) in [6.45, 7) is 3.82. The molecule has 1 fully saturated rings. The minimum Gasteiger partial charge on any atom is -0.384 e. The second-order valence-electron chi connectivity index (χ2n) is 2.34. The van der Waals surface area contributed by atoms with E-state index in [1.807, 2.05) is 13.8 Å². The molecule has 1 aliphatic rings. The van der Waals surface area contributed by atoms with Crippen LogP contribution in [0.25, 0.3) is 0 Å². The van der Waals surface area contributed by atoms with Gasteiger partial charge in [0.25, 0.3) is 6.29 Å². The Morgan fingerprint density at radius 1 is 1.33 bits per heavy atom. The van der Waals surface area contributed by atoms with Crippen molar-refractivity contribution < 1.29 is 14.9 Å². The van der Waals surface area contributed by atoms with E-state index in [-0.39, 0.29) is 6.29 Å². The maximum Gasteiger partial charge on any atom is 0.252 e. The number of hydrogen-bond acceptors (Lipinski definition) is 3. The second kappa shape index (κ2) is 2.25. The molecular weight excluding hydrogens is 120 g/mol. The van der Waals surface area contributed by atoms with Crippen molar-refractivity contribution in [1.82, 2.24) is 0 Å². The van der Waals surface area contributed by atoms with E-state index in [0.717, 1.165) is 0 Å². The predicted molar refractivity (Wildman–Crippen MR) is 31.5 cm³/mol. The first-order valence-corrected chi connectivity index (χ1v) is 3.27. The Bertz CT molecular complexity index is 94.5. The minimum absolute atomic E-state index is 0.368. The Balaban J connectivity index is 2.43. The van der Waals surface area contributed by atoms with E-state index in [2.05, 4.69) is 9.78 Å². The van der Waals surface area contributed by atoms with Gasteiger partial charge in [0.15, 0.2) is 0 Å². The molecule has 0 bridgehead atoms. The molecule has 0 radical (unpaired) electrons. The molecular formula is C6H12O3. The van der Waals surface area contributed by atoms with Crippen LogP contribution in [0.15, 0.2) is 0 Å². The Hall–Kier alpha value is -0.120. The van der Waals surface area contributed by atoms with Crippen LogP contribution in [0.4, 0.5) is 0 Å². The molecule has 0 unspecified atom stereocenters. The molecule has 54 valence electrons. The zero-order valence-electron chi connectivity index (χ0n) is 5.76. The molecule has 1 N–H and O–H groups in total. The Kier molecular flexibility index (Phi) is 1.75. The molecule has 0 aromatic carbocycles. The second-order valence-corrected chi connectivity index (χ2v) is 2.34. The van der Waals surface area contributed by atoms with Gasteiger partial charge in [-0.05, 0) is 12.8 Å². The van der Waals surface area contributed by atoms with Crippen molar-refractivity contribution >= 4 is 0 Å². The summed E-state index contributed by atoms with van der Waals surface area (Å²) in [5.74, 6) is 0. The molecule has 0 aliphatic carbocycles. The van der Waals surface area contributed by atoms with Gasteiger partial charge in [0.1, 0.15) is 5.60 Å². The topological polar surface area (TPSA) is 45.3 Å². The molecule has 9 heavy (non-hydrogen) atoms. The fourth-order valence-corrected chi connectivity index (χ4v) is 0.790. The number of rotatable bonds is 3. The summed E-state index contributed by atoms with van der Waals surface area (Å²) in [5, 5.41) is 9.52. The van der Waals surface area contributed by atoms with E-state index in [4.69, 9.17) is 0 Å². The molecule has 0 aromatic rings. The van der Waals surface area contributed by atoms with Gasteiger partial charge in [-0.3, -0.25) is 0 Å². The van der Waals surface area contributed by atoms with Crippen LogP contribution in [0.1, 0.15) is 26.7 Å². The first kappa shape index (κ1) is 6.99. The molecule has 1 heterocycles. The molecule has 0 saturated carbocycles. The Morgan fingerprint density at radius 2 is 1.78 bits per heavy atom. The molecule has 0 aromatic heterocycles. The Labute approximate surface area is 54.5 Å². The summed E-state index contributed by atoms with van der Waals surface area (Å²) in [6, 6.07) is 0. The first-order chi connectivity index (χ1) is 4.23. The third kappa shape index (κ3) is 1.23. The molecule has 0 amide bonds. The third-order valence-corrected chi connectivity index (χ3v) is 1.86. The summed E-state index contributed by atoms with van der Waals surface area (Å²) in [6.07, 6.45) is 0.981. The van der Waals surface area contributed by atoms with Gasteiger partial charge in [-0.25, -0.2) is 0 Å². The van der Waals surface area contributed by atoms with Crippen LogP contribution in [0.5, 0.6) is 0 Å². The average Bonchev–Trinajstić information content (AvgIpc) is 2.68. The van der Waals surface area contributed by atoms with Crippen molar-refractivity contribution in [3.05, 3.63) is 0 Å². The maximum absolute atomic E-state index is 9.52. The van der Waals surface area contributed by atoms with Gasteiger partial charge in [-0.1, -0.05) is 13.8 Å². The van der Waals surface area contributed by atoms with Gasteiger partial charge in [0.2, 0.25) is 0 Å². The van der Waals surface area contributed by atoms with Crippen molar-refractivity contribution in [2.75, 3.05) is 0 Å². The fourth-order valence-electron chi connectivity index (χ4n) is 0.790. The lowest BCUT2D eigenvalue weighted by Crippen LogP contribution is -2.33. The normalized spacial score (nSPS) is 20.3. The van der Waals surface area contributed by atoms with Gasteiger partial charge >= 0.3 is 0 Å². The highest BCUT2D eigenvalue weighted by molar-refractivity contribution is 4.81. The van der Waals surface area contributed by atoms with Crippen molar-refractivity contribution in [1.29, 1.82) is 0 Å². The van der Waals surface area contributed by atoms with Crippen LogP contribution in [0.2, 0.25) is 0 Å². The average molecular weight is 132 g/mol. The molecule has 1 aliphatic heterocycles. The van der Waals surface area contributed by atoms with E-state index < -0.39 is 5.60 Å². The van der Waals surface area contributed by atoms with E-state index in [9.17, 15) is 5.11 Å². The summed E-state index contributed by atoms with van der Waals surface area (Å²) < 4.78 is 0. The van der Waals surface area contributed by atoms with Crippen LogP contribution in [0.3, 0.4) is 0 Å². The van der Waals surface area contributed by atoms with Gasteiger partial charge in [0.05, 0.1) is 0 Å². The van der Waals surface area contributed by atoms with Crippen LogP contribution < -0.4 is 0 Å². The van der Waals surface area contributed by atoms with E-state index in [0.29, 0.717) is 12.8 Å². The summed E-state index contributed by atoms with van der Waals surface area (Å²) in [7, 11) is 0. The fraction of sp³-hybridized carbons (Fsp3) is 1.00. The summed E-state index contributed by atoms with van der Waals surface area (Å²) >= 11 is 0. The third-order valence-electron chi connectivity index (χ3n) is 1.86. The summed E-state index contributed by atoms with van der Waals surface area (Å²) in [4.78, 5) is 9.01. The van der Waals surface area contributed by atoms with Gasteiger partial charge in [-0.2, -0.15) is 9.78 Å². The predicted octanol–water partition coefficient (Wildman–Crippen LogP) is 0.825.